The van der Waals surface area contributed by atoms with Gasteiger partial charge < -0.3 is 10.2 Å². The van der Waals surface area contributed by atoms with Crippen molar-refractivity contribution in [2.24, 2.45) is 0 Å². The third-order valence-corrected chi connectivity index (χ3v) is 5.06. The van der Waals surface area contributed by atoms with Crippen LogP contribution in [0.1, 0.15) is 122 Å². The number of carbonyl (C=O) groups is 2. The summed E-state index contributed by atoms with van der Waals surface area (Å²) in [7, 11) is 0. The molecule has 0 saturated heterocycles. The minimum absolute atomic E-state index is 0.00320. The summed E-state index contributed by atoms with van der Waals surface area (Å²) in [5.41, 5.74) is 0.00320. The maximum Gasteiger partial charge on any atom is 0.331 e. The van der Waals surface area contributed by atoms with Crippen molar-refractivity contribution < 1.29 is 19.8 Å². The van der Waals surface area contributed by atoms with Gasteiger partial charge in [-0.3, -0.25) is 4.79 Å². The van der Waals surface area contributed by atoms with Crippen molar-refractivity contribution in [3.05, 3.63) is 11.6 Å². The molecule has 0 fully saturated rings. The van der Waals surface area contributed by atoms with Crippen LogP contribution in [0.15, 0.2) is 11.6 Å². The van der Waals surface area contributed by atoms with E-state index < -0.39 is 18.4 Å². The summed E-state index contributed by atoms with van der Waals surface area (Å²) in [5, 5.41) is 17.6. The molecule has 0 unspecified atom stereocenters. The monoisotopic (exact) mass is 382 g/mol. The van der Waals surface area contributed by atoms with E-state index in [1.54, 1.807) is 6.08 Å². The first kappa shape index (κ1) is 25.7. The Morgan fingerprint density at radius 3 is 1.33 bits per heavy atom. The van der Waals surface area contributed by atoms with Crippen LogP contribution in [0, 0.1) is 0 Å². The fourth-order valence-corrected chi connectivity index (χ4v) is 3.37. The molecule has 0 bridgehead atoms. The van der Waals surface area contributed by atoms with Crippen LogP contribution in [0.25, 0.3) is 0 Å². The summed E-state index contributed by atoms with van der Waals surface area (Å²) in [6.45, 7) is 2.26. The number of hydrogen-bond acceptors (Lipinski definition) is 2. The van der Waals surface area contributed by atoms with Gasteiger partial charge >= 0.3 is 11.9 Å². The van der Waals surface area contributed by atoms with Crippen LogP contribution in [0.2, 0.25) is 0 Å². The van der Waals surface area contributed by atoms with Crippen molar-refractivity contribution in [1.82, 2.24) is 0 Å². The second-order valence-corrected chi connectivity index (χ2v) is 7.70. The minimum Gasteiger partial charge on any atom is -0.481 e. The average molecular weight is 383 g/mol. The Morgan fingerprint density at radius 2 is 1.00 bits per heavy atom. The highest BCUT2D eigenvalue weighted by atomic mass is 16.4. The van der Waals surface area contributed by atoms with Gasteiger partial charge in [-0.15, -0.1) is 0 Å². The molecule has 0 amide bonds. The van der Waals surface area contributed by atoms with Crippen molar-refractivity contribution in [2.45, 2.75) is 122 Å². The normalized spacial score (nSPS) is 11.7. The fourth-order valence-electron chi connectivity index (χ4n) is 3.37. The molecule has 0 saturated carbocycles. The van der Waals surface area contributed by atoms with Crippen LogP contribution in [0.3, 0.4) is 0 Å². The molecule has 0 aromatic rings. The van der Waals surface area contributed by atoms with E-state index in [2.05, 4.69) is 6.92 Å². The van der Waals surface area contributed by atoms with E-state index in [0.717, 1.165) is 12.8 Å². The Hall–Kier alpha value is -1.32. The zero-order valence-corrected chi connectivity index (χ0v) is 17.5. The highest BCUT2D eigenvalue weighted by Gasteiger charge is 2.10. The predicted molar refractivity (Wildman–Crippen MR) is 112 cm³/mol. The molecular formula is C23H42O4. The Bertz CT molecular complexity index is 401. The highest BCUT2D eigenvalue weighted by molar-refractivity contribution is 5.91. The summed E-state index contributed by atoms with van der Waals surface area (Å²) >= 11 is 0. The van der Waals surface area contributed by atoms with Gasteiger partial charge in [0.2, 0.25) is 0 Å². The Kier molecular flexibility index (Phi) is 18.5. The molecule has 0 heterocycles. The van der Waals surface area contributed by atoms with Gasteiger partial charge in [0, 0.05) is 5.57 Å². The van der Waals surface area contributed by atoms with E-state index in [-0.39, 0.29) is 5.57 Å². The number of unbranched alkanes of at least 4 members (excludes halogenated alkanes) is 16. The lowest BCUT2D eigenvalue weighted by molar-refractivity contribution is -0.139. The van der Waals surface area contributed by atoms with Gasteiger partial charge in [-0.25, -0.2) is 4.79 Å². The number of aliphatic carboxylic acids is 2. The first-order valence-corrected chi connectivity index (χ1v) is 11.2. The van der Waals surface area contributed by atoms with Crippen molar-refractivity contribution in [1.29, 1.82) is 0 Å². The Balaban J connectivity index is 3.33. The Morgan fingerprint density at radius 1 is 0.630 bits per heavy atom. The van der Waals surface area contributed by atoms with Crippen LogP contribution < -0.4 is 0 Å². The fraction of sp³-hybridized carbons (Fsp3) is 0.826. The summed E-state index contributed by atoms with van der Waals surface area (Å²) < 4.78 is 0. The van der Waals surface area contributed by atoms with Gasteiger partial charge in [-0.05, 0) is 12.8 Å². The quantitative estimate of drug-likeness (QED) is 0.173. The smallest absolute Gasteiger partial charge is 0.331 e. The van der Waals surface area contributed by atoms with E-state index in [1.807, 2.05) is 0 Å². The van der Waals surface area contributed by atoms with E-state index in [0.29, 0.717) is 6.42 Å². The molecule has 0 aromatic carbocycles. The molecule has 0 rings (SSSR count). The molecule has 0 aliphatic rings. The standard InChI is InChI=1S/C23H42O4/c1-2-3-4-5-6-7-8-9-10-11-12-13-14-15-16-17-18-19-21(23(26)27)20-22(24)25/h19H,2-18,20H2,1H3,(H,24,25)(H,26,27). The number of carboxylic acid groups (broad SMARTS) is 2. The van der Waals surface area contributed by atoms with Crippen molar-refractivity contribution in [3.63, 3.8) is 0 Å². The number of hydrogen-bond donors (Lipinski definition) is 2. The van der Waals surface area contributed by atoms with Crippen LogP contribution >= 0.6 is 0 Å². The first-order valence-electron chi connectivity index (χ1n) is 11.2. The molecule has 0 atom stereocenters. The topological polar surface area (TPSA) is 74.6 Å². The van der Waals surface area contributed by atoms with Gasteiger partial charge in [-0.2, -0.15) is 0 Å². The molecule has 0 aromatic heterocycles. The predicted octanol–water partition coefficient (Wildman–Crippen LogP) is 7.12. The maximum absolute atomic E-state index is 10.9. The molecule has 4 nitrogen and oxygen atoms in total. The summed E-state index contributed by atoms with van der Waals surface area (Å²) in [6.07, 6.45) is 22.8. The molecule has 0 aliphatic heterocycles. The van der Waals surface area contributed by atoms with E-state index in [9.17, 15) is 9.59 Å². The largest absolute Gasteiger partial charge is 0.481 e. The van der Waals surface area contributed by atoms with Crippen molar-refractivity contribution >= 4 is 11.9 Å². The van der Waals surface area contributed by atoms with Crippen molar-refractivity contribution in [2.75, 3.05) is 0 Å². The molecule has 0 radical (unpaired) electrons. The highest BCUT2D eigenvalue weighted by Crippen LogP contribution is 2.14. The van der Waals surface area contributed by atoms with Gasteiger partial charge in [-0.1, -0.05) is 109 Å². The second kappa shape index (κ2) is 19.4. The Labute approximate surface area is 166 Å². The summed E-state index contributed by atoms with van der Waals surface area (Å²) in [5.74, 6) is -2.20. The van der Waals surface area contributed by atoms with Gasteiger partial charge in [0.15, 0.2) is 0 Å². The van der Waals surface area contributed by atoms with Crippen LogP contribution in [-0.2, 0) is 9.59 Å². The van der Waals surface area contributed by atoms with E-state index >= 15 is 0 Å². The molecule has 158 valence electrons. The summed E-state index contributed by atoms with van der Waals surface area (Å²) in [4.78, 5) is 21.5. The number of carboxylic acids is 2. The van der Waals surface area contributed by atoms with Crippen LogP contribution in [-0.4, -0.2) is 22.2 Å². The molecule has 27 heavy (non-hydrogen) atoms. The SMILES string of the molecule is CCCCCCCCCCCCCCCCCCC=C(CC(=O)O)C(=O)O. The maximum atomic E-state index is 10.9. The molecular weight excluding hydrogens is 340 g/mol. The zero-order chi connectivity index (χ0) is 20.2. The third-order valence-electron chi connectivity index (χ3n) is 5.06. The van der Waals surface area contributed by atoms with E-state index in [1.165, 1.54) is 89.9 Å². The minimum atomic E-state index is -1.12. The lowest BCUT2D eigenvalue weighted by atomic mass is 10.0. The third kappa shape index (κ3) is 19.3. The molecule has 0 spiro atoms. The number of allylic oxidation sites excluding steroid dienone is 1. The van der Waals surface area contributed by atoms with Crippen LogP contribution in [0.5, 0.6) is 0 Å². The zero-order valence-electron chi connectivity index (χ0n) is 17.5. The van der Waals surface area contributed by atoms with Gasteiger partial charge in [0.1, 0.15) is 0 Å². The van der Waals surface area contributed by atoms with Crippen molar-refractivity contribution in [3.8, 4) is 0 Å². The van der Waals surface area contributed by atoms with Gasteiger partial charge in [0.05, 0.1) is 6.42 Å². The van der Waals surface area contributed by atoms with E-state index in [4.69, 9.17) is 10.2 Å². The van der Waals surface area contributed by atoms with Crippen LogP contribution in [0.4, 0.5) is 0 Å². The van der Waals surface area contributed by atoms with Gasteiger partial charge in [0.25, 0.3) is 0 Å². The summed E-state index contributed by atoms with van der Waals surface area (Å²) in [6, 6.07) is 0. The molecule has 0 aliphatic carbocycles. The number of rotatable bonds is 20. The lowest BCUT2D eigenvalue weighted by Gasteiger charge is -2.03. The molecule has 4 heteroatoms. The average Bonchev–Trinajstić information content (AvgIpc) is 2.62. The molecule has 2 N–H and O–H groups in total. The second-order valence-electron chi connectivity index (χ2n) is 7.70. The first-order chi connectivity index (χ1) is 13.1. The lowest BCUT2D eigenvalue weighted by Crippen LogP contribution is -2.06.